The molecule has 112 valence electrons. The molecule has 1 unspecified atom stereocenters. The largest absolute Gasteiger partial charge is 0.377 e. The molecule has 1 aromatic rings. The van der Waals surface area contributed by atoms with Gasteiger partial charge in [0.1, 0.15) is 5.82 Å². The lowest BCUT2D eigenvalue weighted by Gasteiger charge is -2.26. The van der Waals surface area contributed by atoms with E-state index in [1.807, 2.05) is 13.2 Å². The van der Waals surface area contributed by atoms with Crippen molar-refractivity contribution in [2.45, 2.75) is 45.8 Å². The maximum Gasteiger partial charge on any atom is 0.131 e. The quantitative estimate of drug-likeness (QED) is 0.912. The van der Waals surface area contributed by atoms with Gasteiger partial charge in [-0.05, 0) is 20.4 Å². The van der Waals surface area contributed by atoms with Gasteiger partial charge in [0.05, 0.1) is 23.7 Å². The Hall–Kier alpha value is -1.20. The SMILES string of the molecule is CNCc1nc(C(C)C)ncc1N1CCCOC(C)C1. The molecular weight excluding hydrogens is 252 g/mol. The van der Waals surface area contributed by atoms with Gasteiger partial charge < -0.3 is 15.0 Å². The van der Waals surface area contributed by atoms with E-state index in [2.05, 4.69) is 36.0 Å². The second-order valence-electron chi connectivity index (χ2n) is 5.73. The molecule has 1 N–H and O–H groups in total. The van der Waals surface area contributed by atoms with Crippen LogP contribution in [-0.4, -0.2) is 42.8 Å². The van der Waals surface area contributed by atoms with E-state index < -0.39 is 0 Å². The number of anilines is 1. The Bertz CT molecular complexity index is 436. The van der Waals surface area contributed by atoms with Gasteiger partial charge in [-0.3, -0.25) is 0 Å². The van der Waals surface area contributed by atoms with Crippen molar-refractivity contribution in [3.8, 4) is 0 Å². The molecule has 0 saturated carbocycles. The van der Waals surface area contributed by atoms with Gasteiger partial charge in [0.2, 0.25) is 0 Å². The van der Waals surface area contributed by atoms with Crippen LogP contribution in [0.2, 0.25) is 0 Å². The van der Waals surface area contributed by atoms with Gasteiger partial charge in [-0.25, -0.2) is 9.97 Å². The summed E-state index contributed by atoms with van der Waals surface area (Å²) in [6, 6.07) is 0. The summed E-state index contributed by atoms with van der Waals surface area (Å²) in [6.07, 6.45) is 3.28. The van der Waals surface area contributed by atoms with Crippen LogP contribution in [0.25, 0.3) is 0 Å². The number of nitrogens with one attached hydrogen (secondary N) is 1. The molecule has 0 bridgehead atoms. The van der Waals surface area contributed by atoms with E-state index in [1.54, 1.807) is 0 Å². The molecule has 0 radical (unpaired) electrons. The van der Waals surface area contributed by atoms with Crippen molar-refractivity contribution in [3.05, 3.63) is 17.7 Å². The third kappa shape index (κ3) is 3.67. The van der Waals surface area contributed by atoms with E-state index in [0.29, 0.717) is 5.92 Å². The smallest absolute Gasteiger partial charge is 0.131 e. The molecule has 1 aromatic heterocycles. The Labute approximate surface area is 121 Å². The predicted molar refractivity (Wildman–Crippen MR) is 81.1 cm³/mol. The van der Waals surface area contributed by atoms with Crippen molar-refractivity contribution < 1.29 is 4.74 Å². The Morgan fingerprint density at radius 2 is 2.30 bits per heavy atom. The summed E-state index contributed by atoms with van der Waals surface area (Å²) in [7, 11) is 1.95. The van der Waals surface area contributed by atoms with E-state index in [4.69, 9.17) is 9.72 Å². The van der Waals surface area contributed by atoms with Crippen LogP contribution in [0.3, 0.4) is 0 Å². The van der Waals surface area contributed by atoms with E-state index in [1.165, 1.54) is 0 Å². The number of hydrogen-bond donors (Lipinski definition) is 1. The Balaban J connectivity index is 2.28. The highest BCUT2D eigenvalue weighted by Gasteiger charge is 2.19. The Morgan fingerprint density at radius 1 is 1.50 bits per heavy atom. The lowest BCUT2D eigenvalue weighted by molar-refractivity contribution is 0.0820. The first-order valence-corrected chi connectivity index (χ1v) is 7.48. The first-order chi connectivity index (χ1) is 9.61. The van der Waals surface area contributed by atoms with Gasteiger partial charge in [-0.15, -0.1) is 0 Å². The van der Waals surface area contributed by atoms with Crippen molar-refractivity contribution in [1.29, 1.82) is 0 Å². The fourth-order valence-corrected chi connectivity index (χ4v) is 2.48. The summed E-state index contributed by atoms with van der Waals surface area (Å²) in [5.41, 5.74) is 2.22. The molecule has 1 fully saturated rings. The lowest BCUT2D eigenvalue weighted by atomic mass is 10.2. The molecule has 0 aliphatic carbocycles. The number of aromatic nitrogens is 2. The molecule has 5 nitrogen and oxygen atoms in total. The first kappa shape index (κ1) is 15.2. The van der Waals surface area contributed by atoms with Crippen molar-refractivity contribution in [3.63, 3.8) is 0 Å². The van der Waals surface area contributed by atoms with Crippen molar-refractivity contribution in [1.82, 2.24) is 15.3 Å². The van der Waals surface area contributed by atoms with Crippen molar-refractivity contribution in [2.24, 2.45) is 0 Å². The molecule has 1 atom stereocenters. The molecule has 1 saturated heterocycles. The highest BCUT2D eigenvalue weighted by atomic mass is 16.5. The second kappa shape index (κ2) is 6.99. The maximum atomic E-state index is 5.72. The highest BCUT2D eigenvalue weighted by molar-refractivity contribution is 5.49. The average molecular weight is 278 g/mol. The first-order valence-electron chi connectivity index (χ1n) is 7.48. The van der Waals surface area contributed by atoms with Crippen molar-refractivity contribution >= 4 is 5.69 Å². The van der Waals surface area contributed by atoms with Crippen LogP contribution in [0.4, 0.5) is 5.69 Å². The minimum absolute atomic E-state index is 0.254. The van der Waals surface area contributed by atoms with Crippen LogP contribution in [-0.2, 0) is 11.3 Å². The molecule has 20 heavy (non-hydrogen) atoms. The highest BCUT2D eigenvalue weighted by Crippen LogP contribution is 2.22. The molecule has 2 rings (SSSR count). The Morgan fingerprint density at radius 3 is 3.00 bits per heavy atom. The molecule has 1 aliphatic rings. The summed E-state index contributed by atoms with van der Waals surface area (Å²) in [6.45, 7) is 9.89. The third-order valence-corrected chi connectivity index (χ3v) is 3.52. The molecule has 5 heteroatoms. The zero-order valence-corrected chi connectivity index (χ0v) is 13.0. The van der Waals surface area contributed by atoms with Gasteiger partial charge in [0.15, 0.2) is 0 Å². The van der Waals surface area contributed by atoms with Crippen LogP contribution in [0.15, 0.2) is 6.20 Å². The minimum Gasteiger partial charge on any atom is -0.377 e. The predicted octanol–water partition coefficient (Wildman–Crippen LogP) is 1.93. The van der Waals surface area contributed by atoms with E-state index >= 15 is 0 Å². The van der Waals surface area contributed by atoms with Crippen molar-refractivity contribution in [2.75, 3.05) is 31.6 Å². The fraction of sp³-hybridized carbons (Fsp3) is 0.733. The monoisotopic (exact) mass is 278 g/mol. The van der Waals surface area contributed by atoms with Crippen LogP contribution in [0, 0.1) is 0 Å². The van der Waals surface area contributed by atoms with Gasteiger partial charge in [-0.1, -0.05) is 13.8 Å². The minimum atomic E-state index is 0.254. The normalized spacial score (nSPS) is 20.2. The summed E-state index contributed by atoms with van der Waals surface area (Å²) in [4.78, 5) is 11.6. The zero-order valence-electron chi connectivity index (χ0n) is 13.0. The Kier molecular flexibility index (Phi) is 5.31. The standard InChI is InChI=1S/C15H26N4O/c1-11(2)15-17-9-14(13(18-15)8-16-4)19-6-5-7-20-12(3)10-19/h9,11-12,16H,5-8,10H2,1-4H3. The van der Waals surface area contributed by atoms with E-state index in [0.717, 1.165) is 49.9 Å². The summed E-state index contributed by atoms with van der Waals surface area (Å²) in [5.74, 6) is 1.27. The van der Waals surface area contributed by atoms with Crippen LogP contribution >= 0.6 is 0 Å². The molecule has 0 amide bonds. The zero-order chi connectivity index (χ0) is 14.5. The van der Waals surface area contributed by atoms with E-state index in [-0.39, 0.29) is 6.10 Å². The number of hydrogen-bond acceptors (Lipinski definition) is 5. The average Bonchev–Trinajstić information content (AvgIpc) is 2.63. The summed E-state index contributed by atoms with van der Waals surface area (Å²) in [5, 5.41) is 3.21. The molecule has 1 aliphatic heterocycles. The number of nitrogens with zero attached hydrogens (tertiary/aromatic N) is 3. The van der Waals surface area contributed by atoms with Gasteiger partial charge in [0.25, 0.3) is 0 Å². The number of rotatable bonds is 4. The summed E-state index contributed by atoms with van der Waals surface area (Å²) >= 11 is 0. The van der Waals surface area contributed by atoms with Gasteiger partial charge >= 0.3 is 0 Å². The molecule has 0 spiro atoms. The van der Waals surface area contributed by atoms with E-state index in [9.17, 15) is 0 Å². The molecular formula is C15H26N4O. The molecule has 0 aromatic carbocycles. The van der Waals surface area contributed by atoms with Crippen LogP contribution in [0.1, 0.15) is 44.6 Å². The van der Waals surface area contributed by atoms with Gasteiger partial charge in [0, 0.05) is 32.2 Å². The third-order valence-electron chi connectivity index (χ3n) is 3.52. The van der Waals surface area contributed by atoms with Crippen LogP contribution < -0.4 is 10.2 Å². The lowest BCUT2D eigenvalue weighted by Crippen LogP contribution is -2.32. The maximum absolute atomic E-state index is 5.72. The second-order valence-corrected chi connectivity index (χ2v) is 5.73. The molecule has 2 heterocycles. The fourth-order valence-electron chi connectivity index (χ4n) is 2.48. The number of ether oxygens (including phenoxy) is 1. The summed E-state index contributed by atoms with van der Waals surface area (Å²) < 4.78 is 5.72. The topological polar surface area (TPSA) is 50.3 Å². The van der Waals surface area contributed by atoms with Gasteiger partial charge in [-0.2, -0.15) is 0 Å². The van der Waals surface area contributed by atoms with Crippen LogP contribution in [0.5, 0.6) is 0 Å².